The maximum Gasteiger partial charge on any atom is 0.277 e. The Morgan fingerprint density at radius 3 is 2.60 bits per heavy atom. The Morgan fingerprint density at radius 2 is 1.90 bits per heavy atom. The highest BCUT2D eigenvalue weighted by atomic mass is 16.5. The molecule has 3 aromatic rings. The van der Waals surface area contributed by atoms with E-state index in [2.05, 4.69) is 33.9 Å². The van der Waals surface area contributed by atoms with Crippen LogP contribution in [0.5, 0.6) is 5.75 Å². The molecule has 0 radical (unpaired) electrons. The fourth-order valence-electron chi connectivity index (χ4n) is 4.44. The zero-order valence-electron chi connectivity index (χ0n) is 17.4. The van der Waals surface area contributed by atoms with Crippen LogP contribution in [-0.2, 0) is 4.74 Å². The minimum atomic E-state index is -0.134. The van der Waals surface area contributed by atoms with Crippen LogP contribution in [0.3, 0.4) is 0 Å². The Bertz CT molecular complexity index is 1080. The lowest BCUT2D eigenvalue weighted by Gasteiger charge is -2.43. The summed E-state index contributed by atoms with van der Waals surface area (Å²) in [6, 6.07) is 8.30. The van der Waals surface area contributed by atoms with E-state index in [9.17, 15) is 4.79 Å². The van der Waals surface area contributed by atoms with Gasteiger partial charge in [0.25, 0.3) is 5.56 Å². The van der Waals surface area contributed by atoms with Gasteiger partial charge in [-0.2, -0.15) is 5.10 Å². The van der Waals surface area contributed by atoms with E-state index in [4.69, 9.17) is 14.6 Å². The summed E-state index contributed by atoms with van der Waals surface area (Å²) in [5, 5.41) is 4.79. The summed E-state index contributed by atoms with van der Waals surface area (Å²) < 4.78 is 12.5. The number of aromatic nitrogens is 4. The molecule has 5 rings (SSSR count). The average Bonchev–Trinajstić information content (AvgIpc) is 3.18. The number of hydrogen-bond acceptors (Lipinski definition) is 6. The molecule has 0 saturated carbocycles. The van der Waals surface area contributed by atoms with Crippen molar-refractivity contribution in [2.24, 2.45) is 0 Å². The number of ether oxygens (including phenoxy) is 2. The third-order valence-electron chi connectivity index (χ3n) is 6.47. The molecule has 1 atom stereocenters. The molecule has 1 aromatic carbocycles. The van der Waals surface area contributed by atoms with Crippen molar-refractivity contribution in [1.82, 2.24) is 24.5 Å². The summed E-state index contributed by atoms with van der Waals surface area (Å²) in [6.07, 6.45) is 3.46. The third-order valence-corrected chi connectivity index (χ3v) is 6.47. The number of imidazole rings is 1. The van der Waals surface area contributed by atoms with E-state index < -0.39 is 0 Å². The van der Waals surface area contributed by atoms with Crippen molar-refractivity contribution in [3.05, 3.63) is 58.0 Å². The number of methoxy groups -OCH3 is 1. The molecule has 1 N–H and O–H groups in total. The van der Waals surface area contributed by atoms with Gasteiger partial charge in [-0.25, -0.2) is 9.50 Å². The van der Waals surface area contributed by atoms with Crippen LogP contribution in [-0.4, -0.2) is 57.9 Å². The molecule has 0 spiro atoms. The smallest absolute Gasteiger partial charge is 0.277 e. The molecule has 0 unspecified atom stereocenters. The quantitative estimate of drug-likeness (QED) is 0.697. The average molecular weight is 409 g/mol. The molecule has 158 valence electrons. The van der Waals surface area contributed by atoms with E-state index in [-0.39, 0.29) is 17.5 Å². The lowest BCUT2D eigenvalue weighted by Crippen LogP contribution is -2.46. The Morgan fingerprint density at radius 1 is 1.17 bits per heavy atom. The SMILES string of the molecule is COc1ccc(C2CN([C@H](C)c3nn4c(C5CCOCC5)ncc4c(=O)[nH]3)C2)cc1. The fraction of sp³-hybridized carbons (Fsp3) is 0.500. The second-order valence-corrected chi connectivity index (χ2v) is 8.24. The summed E-state index contributed by atoms with van der Waals surface area (Å²) in [6.45, 7) is 5.43. The number of nitrogens with one attached hydrogen (secondary N) is 1. The molecule has 2 aliphatic heterocycles. The lowest BCUT2D eigenvalue weighted by atomic mass is 9.90. The first-order valence-electron chi connectivity index (χ1n) is 10.6. The number of H-pyrrole nitrogens is 1. The maximum atomic E-state index is 12.7. The van der Waals surface area contributed by atoms with Crippen LogP contribution in [0.25, 0.3) is 5.52 Å². The van der Waals surface area contributed by atoms with Crippen molar-refractivity contribution in [3.8, 4) is 5.75 Å². The normalized spacial score (nSPS) is 19.7. The molecule has 0 amide bonds. The van der Waals surface area contributed by atoms with Gasteiger partial charge in [0.2, 0.25) is 0 Å². The highest BCUT2D eigenvalue weighted by Gasteiger charge is 2.33. The monoisotopic (exact) mass is 409 g/mol. The second-order valence-electron chi connectivity index (χ2n) is 8.24. The van der Waals surface area contributed by atoms with E-state index in [1.807, 2.05) is 12.1 Å². The predicted octanol–water partition coefficient (Wildman–Crippen LogP) is 2.48. The minimum Gasteiger partial charge on any atom is -0.497 e. The number of rotatable bonds is 5. The van der Waals surface area contributed by atoms with Gasteiger partial charge in [0, 0.05) is 38.1 Å². The maximum absolute atomic E-state index is 12.7. The summed E-state index contributed by atoms with van der Waals surface area (Å²) in [5.74, 6) is 3.20. The highest BCUT2D eigenvalue weighted by Crippen LogP contribution is 2.34. The number of fused-ring (bicyclic) bond motifs is 1. The van der Waals surface area contributed by atoms with Gasteiger partial charge in [0.05, 0.1) is 19.3 Å². The molecule has 4 heterocycles. The number of nitrogens with zero attached hydrogens (tertiary/aromatic N) is 4. The van der Waals surface area contributed by atoms with Gasteiger partial charge in [0.1, 0.15) is 17.4 Å². The van der Waals surface area contributed by atoms with Gasteiger partial charge in [0.15, 0.2) is 5.52 Å². The minimum absolute atomic E-state index is 0.0292. The van der Waals surface area contributed by atoms with Crippen molar-refractivity contribution in [3.63, 3.8) is 0 Å². The van der Waals surface area contributed by atoms with E-state index in [1.165, 1.54) is 5.56 Å². The molecule has 8 nitrogen and oxygen atoms in total. The molecule has 2 saturated heterocycles. The first-order chi connectivity index (χ1) is 14.6. The van der Waals surface area contributed by atoms with Crippen LogP contribution in [0.2, 0.25) is 0 Å². The third kappa shape index (κ3) is 3.40. The number of benzene rings is 1. The van der Waals surface area contributed by atoms with Crippen molar-refractivity contribution < 1.29 is 9.47 Å². The van der Waals surface area contributed by atoms with Gasteiger partial charge in [-0.3, -0.25) is 9.69 Å². The van der Waals surface area contributed by atoms with Crippen LogP contribution in [0, 0.1) is 0 Å². The number of likely N-dealkylation sites (tertiary alicyclic amines) is 1. The summed E-state index contributed by atoms with van der Waals surface area (Å²) in [4.78, 5) is 22.5. The Labute approximate surface area is 174 Å². The Hall–Kier alpha value is -2.71. The van der Waals surface area contributed by atoms with E-state index in [1.54, 1.807) is 17.8 Å². The molecule has 2 fully saturated rings. The van der Waals surface area contributed by atoms with E-state index >= 15 is 0 Å². The van der Waals surface area contributed by atoms with Gasteiger partial charge in [-0.15, -0.1) is 0 Å². The van der Waals surface area contributed by atoms with Crippen molar-refractivity contribution in [1.29, 1.82) is 0 Å². The molecule has 30 heavy (non-hydrogen) atoms. The molecular weight excluding hydrogens is 382 g/mol. The van der Waals surface area contributed by atoms with Gasteiger partial charge in [-0.1, -0.05) is 12.1 Å². The van der Waals surface area contributed by atoms with Crippen molar-refractivity contribution in [2.75, 3.05) is 33.4 Å². The summed E-state index contributed by atoms with van der Waals surface area (Å²) in [7, 11) is 1.68. The molecule has 0 bridgehead atoms. The Balaban J connectivity index is 1.35. The van der Waals surface area contributed by atoms with Crippen LogP contribution >= 0.6 is 0 Å². The number of aromatic amines is 1. The molecule has 2 aromatic heterocycles. The van der Waals surface area contributed by atoms with Crippen LogP contribution in [0.4, 0.5) is 0 Å². The van der Waals surface area contributed by atoms with Gasteiger partial charge >= 0.3 is 0 Å². The van der Waals surface area contributed by atoms with Crippen molar-refractivity contribution in [2.45, 2.75) is 37.6 Å². The predicted molar refractivity (Wildman–Crippen MR) is 112 cm³/mol. The first kappa shape index (κ1) is 19.3. The molecule has 0 aliphatic carbocycles. The standard InChI is InChI=1S/C22H27N5O3/c1-14(26-12-17(13-26)15-3-5-18(29-2)6-4-15)20-24-22(28)19-11-23-21(27(19)25-20)16-7-9-30-10-8-16/h3-6,11,14,16-17H,7-10,12-13H2,1-2H3,(H,24,25,28)/t14-/m1/s1. The largest absolute Gasteiger partial charge is 0.497 e. The van der Waals surface area contributed by atoms with E-state index in [0.717, 1.165) is 50.7 Å². The van der Waals surface area contributed by atoms with Crippen LogP contribution < -0.4 is 10.3 Å². The summed E-state index contributed by atoms with van der Waals surface area (Å²) in [5.41, 5.74) is 1.68. The zero-order chi connectivity index (χ0) is 20.7. The van der Waals surface area contributed by atoms with Gasteiger partial charge < -0.3 is 14.5 Å². The fourth-order valence-corrected chi connectivity index (χ4v) is 4.44. The highest BCUT2D eigenvalue weighted by molar-refractivity contribution is 5.42. The van der Waals surface area contributed by atoms with Crippen LogP contribution in [0.1, 0.15) is 54.9 Å². The molecule has 8 heteroatoms. The Kier molecular flexibility index (Phi) is 5.04. The van der Waals surface area contributed by atoms with E-state index in [0.29, 0.717) is 17.3 Å². The second kappa shape index (κ2) is 7.85. The molecular formula is C22H27N5O3. The summed E-state index contributed by atoms with van der Waals surface area (Å²) >= 11 is 0. The van der Waals surface area contributed by atoms with Crippen LogP contribution in [0.15, 0.2) is 35.3 Å². The lowest BCUT2D eigenvalue weighted by molar-refractivity contribution is 0.0829. The zero-order valence-corrected chi connectivity index (χ0v) is 17.4. The van der Waals surface area contributed by atoms with Crippen molar-refractivity contribution >= 4 is 5.52 Å². The van der Waals surface area contributed by atoms with Gasteiger partial charge in [-0.05, 0) is 37.5 Å². The first-order valence-corrected chi connectivity index (χ1v) is 10.6. The topological polar surface area (TPSA) is 84.8 Å². The molecule has 2 aliphatic rings. The number of hydrogen-bond donors (Lipinski definition) is 1.